The second kappa shape index (κ2) is 10.6. The molecule has 0 bridgehead atoms. The number of fused-ring (bicyclic) bond motifs is 1. The van der Waals surface area contributed by atoms with Gasteiger partial charge in [0.15, 0.2) is 0 Å². The van der Waals surface area contributed by atoms with Crippen LogP contribution in [0.3, 0.4) is 0 Å². The number of pyridine rings is 1. The second-order valence-corrected chi connectivity index (χ2v) is 5.88. The fourth-order valence-corrected chi connectivity index (χ4v) is 2.66. The predicted octanol–water partition coefficient (Wildman–Crippen LogP) is 1.70. The van der Waals surface area contributed by atoms with Gasteiger partial charge in [0.2, 0.25) is 0 Å². The largest absolute Gasteiger partial charge is 0.350 e. The topological polar surface area (TPSA) is 125 Å². The zero-order valence-corrected chi connectivity index (χ0v) is 15.6. The number of aryl methyl sites for hydroxylation is 1. The highest BCUT2D eigenvalue weighted by Gasteiger charge is 2.04. The molecular weight excluding hydrogens is 362 g/mol. The molecule has 0 unspecified atom stereocenters. The number of nitrogens with one attached hydrogen (secondary N) is 1. The van der Waals surface area contributed by atoms with Crippen molar-refractivity contribution in [1.82, 2.24) is 14.9 Å². The van der Waals surface area contributed by atoms with Crippen LogP contribution in [0.1, 0.15) is 15.9 Å². The van der Waals surface area contributed by atoms with Crippen molar-refractivity contribution in [3.63, 3.8) is 0 Å². The van der Waals surface area contributed by atoms with Crippen LogP contribution in [0.5, 0.6) is 0 Å². The van der Waals surface area contributed by atoms with Crippen molar-refractivity contribution >= 4 is 16.8 Å². The van der Waals surface area contributed by atoms with E-state index in [1.54, 1.807) is 18.3 Å². The summed E-state index contributed by atoms with van der Waals surface area (Å²) in [6.45, 7) is 0.627. The molecular formula is C19H23N5O4. The highest BCUT2D eigenvalue weighted by molar-refractivity contribution is 5.93. The van der Waals surface area contributed by atoms with Crippen LogP contribution in [0, 0.1) is 10.1 Å². The van der Waals surface area contributed by atoms with Gasteiger partial charge in [-0.3, -0.25) is 9.78 Å². The number of carbonyl (C=O) groups excluding carboxylic acids is 1. The molecule has 0 saturated heterocycles. The molecule has 1 amide bonds. The Labute approximate surface area is 162 Å². The first kappa shape index (κ1) is 20.8. The van der Waals surface area contributed by atoms with Gasteiger partial charge in [-0.05, 0) is 36.7 Å². The van der Waals surface area contributed by atoms with E-state index in [1.807, 2.05) is 0 Å². The van der Waals surface area contributed by atoms with Crippen molar-refractivity contribution in [3.8, 4) is 0 Å². The first-order valence-electron chi connectivity index (χ1n) is 8.71. The molecule has 28 heavy (non-hydrogen) atoms. The molecule has 0 aliphatic heterocycles. The Morgan fingerprint density at radius 3 is 2.79 bits per heavy atom. The standard InChI is InChI=1S/C11H14N2.C8H9N3O4/c1-13-8-9(6-7-12)10-4-2-3-5-11(10)13;12-8(7-2-1-3-9-6-7)10-4-5-15-11(13)14/h2-5,8H,6-7,12H2,1H3;1-3,6H,4-5H2,(H,10,12). The van der Waals surface area contributed by atoms with Crippen molar-refractivity contribution in [2.24, 2.45) is 12.8 Å². The number of para-hydroxylation sites is 1. The molecule has 1 aromatic carbocycles. The third-order valence-corrected chi connectivity index (χ3v) is 3.90. The second-order valence-electron chi connectivity index (χ2n) is 5.88. The predicted molar refractivity (Wildman–Crippen MR) is 105 cm³/mol. The van der Waals surface area contributed by atoms with Crippen LogP contribution >= 0.6 is 0 Å². The number of rotatable bonds is 7. The summed E-state index contributed by atoms with van der Waals surface area (Å²) in [6, 6.07) is 11.6. The summed E-state index contributed by atoms with van der Waals surface area (Å²) < 4.78 is 2.15. The zero-order chi connectivity index (χ0) is 20.4. The van der Waals surface area contributed by atoms with Crippen molar-refractivity contribution in [2.45, 2.75) is 6.42 Å². The van der Waals surface area contributed by atoms with Gasteiger partial charge in [-0.2, -0.15) is 0 Å². The van der Waals surface area contributed by atoms with E-state index >= 15 is 0 Å². The van der Waals surface area contributed by atoms with Gasteiger partial charge in [-0.15, -0.1) is 10.1 Å². The average Bonchev–Trinajstić information content (AvgIpc) is 3.02. The normalized spacial score (nSPS) is 10.1. The maximum absolute atomic E-state index is 11.3. The zero-order valence-electron chi connectivity index (χ0n) is 15.6. The summed E-state index contributed by atoms with van der Waals surface area (Å²) in [5.74, 6) is -0.338. The molecule has 0 atom stereocenters. The van der Waals surface area contributed by atoms with Crippen molar-refractivity contribution in [1.29, 1.82) is 0 Å². The minimum absolute atomic E-state index is 0.0781. The van der Waals surface area contributed by atoms with Gasteiger partial charge in [0.1, 0.15) is 6.61 Å². The van der Waals surface area contributed by atoms with E-state index in [0.29, 0.717) is 12.1 Å². The molecule has 0 spiro atoms. The number of aromatic nitrogens is 2. The fourth-order valence-electron chi connectivity index (χ4n) is 2.66. The Balaban J connectivity index is 0.000000202. The molecule has 148 valence electrons. The van der Waals surface area contributed by atoms with Crippen molar-refractivity contribution in [3.05, 3.63) is 76.2 Å². The Bertz CT molecular complexity index is 911. The van der Waals surface area contributed by atoms with Gasteiger partial charge in [0.25, 0.3) is 11.0 Å². The maximum Gasteiger partial charge on any atom is 0.294 e. The minimum atomic E-state index is -0.907. The Morgan fingerprint density at radius 1 is 1.32 bits per heavy atom. The highest BCUT2D eigenvalue weighted by Crippen LogP contribution is 2.20. The molecule has 3 aromatic rings. The number of nitrogens with zero attached hydrogens (tertiary/aromatic N) is 3. The van der Waals surface area contributed by atoms with E-state index in [0.717, 1.165) is 6.42 Å². The molecule has 0 saturated carbocycles. The summed E-state index contributed by atoms with van der Waals surface area (Å²) >= 11 is 0. The number of nitrogens with two attached hydrogens (primary N) is 1. The molecule has 2 heterocycles. The molecule has 0 radical (unpaired) electrons. The molecule has 0 aliphatic rings. The summed E-state index contributed by atoms with van der Waals surface area (Å²) in [4.78, 5) is 28.9. The quantitative estimate of drug-likeness (QED) is 0.362. The maximum atomic E-state index is 11.3. The SMILES string of the molecule is Cn1cc(CCN)c2ccccc21.O=C(NCCO[N+](=O)[O-])c1cccnc1. The Morgan fingerprint density at radius 2 is 2.11 bits per heavy atom. The number of hydrogen-bond acceptors (Lipinski definition) is 6. The molecule has 0 fully saturated rings. The summed E-state index contributed by atoms with van der Waals surface area (Å²) in [7, 11) is 2.07. The van der Waals surface area contributed by atoms with E-state index in [2.05, 4.69) is 57.2 Å². The molecule has 9 heteroatoms. The smallest absolute Gasteiger partial charge is 0.294 e. The van der Waals surface area contributed by atoms with E-state index in [4.69, 9.17) is 5.73 Å². The first-order chi connectivity index (χ1) is 13.5. The third-order valence-electron chi connectivity index (χ3n) is 3.90. The number of carbonyl (C=O) groups is 1. The van der Waals surface area contributed by atoms with Crippen LogP contribution in [0.4, 0.5) is 0 Å². The average molecular weight is 385 g/mol. The van der Waals surface area contributed by atoms with Gasteiger partial charge >= 0.3 is 0 Å². The third kappa shape index (κ3) is 6.06. The number of amides is 1. The van der Waals surface area contributed by atoms with Crippen molar-refractivity contribution < 1.29 is 14.7 Å². The molecule has 9 nitrogen and oxygen atoms in total. The lowest BCUT2D eigenvalue weighted by Crippen LogP contribution is -2.27. The molecule has 0 aliphatic carbocycles. The van der Waals surface area contributed by atoms with Crippen LogP contribution in [-0.4, -0.2) is 40.2 Å². The van der Waals surface area contributed by atoms with Gasteiger partial charge in [-0.1, -0.05) is 18.2 Å². The van der Waals surface area contributed by atoms with Crippen LogP contribution < -0.4 is 11.1 Å². The Hall–Kier alpha value is -3.46. The monoisotopic (exact) mass is 385 g/mol. The van der Waals surface area contributed by atoms with Crippen LogP contribution in [0.25, 0.3) is 10.9 Å². The van der Waals surface area contributed by atoms with E-state index in [1.165, 1.54) is 22.7 Å². The van der Waals surface area contributed by atoms with E-state index < -0.39 is 5.09 Å². The van der Waals surface area contributed by atoms with Crippen LogP contribution in [0.15, 0.2) is 55.0 Å². The minimum Gasteiger partial charge on any atom is -0.350 e. The lowest BCUT2D eigenvalue weighted by Gasteiger charge is -2.03. The summed E-state index contributed by atoms with van der Waals surface area (Å²) in [6.07, 6.45) is 6.08. The van der Waals surface area contributed by atoms with Gasteiger partial charge in [-0.25, -0.2) is 0 Å². The van der Waals surface area contributed by atoms with Crippen LogP contribution in [0.2, 0.25) is 0 Å². The molecule has 3 N–H and O–H groups in total. The van der Waals surface area contributed by atoms with Crippen LogP contribution in [-0.2, 0) is 18.3 Å². The Kier molecular flexibility index (Phi) is 7.92. The van der Waals surface area contributed by atoms with Crippen molar-refractivity contribution in [2.75, 3.05) is 19.7 Å². The van der Waals surface area contributed by atoms with E-state index in [-0.39, 0.29) is 19.1 Å². The number of benzene rings is 1. The molecule has 2 aromatic heterocycles. The highest BCUT2D eigenvalue weighted by atomic mass is 16.9. The van der Waals surface area contributed by atoms with Gasteiger partial charge in [0, 0.05) is 43.1 Å². The van der Waals surface area contributed by atoms with E-state index in [9.17, 15) is 14.9 Å². The van der Waals surface area contributed by atoms with Gasteiger partial charge < -0.3 is 20.5 Å². The summed E-state index contributed by atoms with van der Waals surface area (Å²) in [5, 5.41) is 12.6. The summed E-state index contributed by atoms with van der Waals surface area (Å²) in [5.41, 5.74) is 8.58. The lowest BCUT2D eigenvalue weighted by molar-refractivity contribution is -0.757. The first-order valence-corrected chi connectivity index (χ1v) is 8.71. The fraction of sp³-hybridized carbons (Fsp3) is 0.263. The number of hydrogen-bond donors (Lipinski definition) is 2. The lowest BCUT2D eigenvalue weighted by atomic mass is 10.1. The molecule has 3 rings (SSSR count). The van der Waals surface area contributed by atoms with Gasteiger partial charge in [0.05, 0.1) is 5.56 Å².